The number of ether oxygens (including phenoxy) is 5. The average molecular weight is 496 g/mol. The van der Waals surface area contributed by atoms with Gasteiger partial charge in [-0.15, -0.1) is 0 Å². The Hall–Kier alpha value is -2.77. The third kappa shape index (κ3) is 5.47. The molecule has 3 heterocycles. The third-order valence-corrected chi connectivity index (χ3v) is 6.53. The highest BCUT2D eigenvalue weighted by Crippen LogP contribution is 2.37. The molecular weight excluding hydrogens is 462 g/mol. The molecule has 1 saturated heterocycles. The Labute approximate surface area is 199 Å². The zero-order chi connectivity index (χ0) is 25.4. The van der Waals surface area contributed by atoms with Crippen LogP contribution in [0.4, 0.5) is 5.95 Å². The van der Waals surface area contributed by atoms with Gasteiger partial charge in [-0.1, -0.05) is 13.1 Å². The largest absolute Gasteiger partial charge is 0.479 e. The fraction of sp³-hybridized carbons (Fsp3) is 0.667. The van der Waals surface area contributed by atoms with Gasteiger partial charge in [-0.05, 0) is 20.8 Å². The van der Waals surface area contributed by atoms with E-state index in [1.807, 2.05) is 20.8 Å². The highest BCUT2D eigenvalue weighted by Gasteiger charge is 2.51. The summed E-state index contributed by atoms with van der Waals surface area (Å²) in [5, 5.41) is 0. The van der Waals surface area contributed by atoms with Gasteiger partial charge in [0.1, 0.15) is 14.9 Å². The van der Waals surface area contributed by atoms with Gasteiger partial charge in [0.05, 0.1) is 24.8 Å². The van der Waals surface area contributed by atoms with E-state index in [0.717, 1.165) is 0 Å². The van der Waals surface area contributed by atoms with Crippen LogP contribution in [0.2, 0.25) is 13.1 Å². The number of methoxy groups -OCH3 is 1. The van der Waals surface area contributed by atoms with Crippen molar-refractivity contribution in [2.75, 3.05) is 19.5 Å². The molecular formula is C21H33N5O7Si. The molecule has 0 aromatic carbocycles. The SMILES string of the molecule is COc1nc(N)nc2c1nc([SiH](C)C)n2[C@@H]1O[C@H](COC(C)(C)C)[C@@H](OC(C)=O)[C@@H]1OC(C)=O. The number of esters is 2. The first-order valence-electron chi connectivity index (χ1n) is 11.1. The van der Waals surface area contributed by atoms with Crippen LogP contribution in [0.1, 0.15) is 40.8 Å². The lowest BCUT2D eigenvalue weighted by atomic mass is 10.1. The first-order chi connectivity index (χ1) is 15.8. The van der Waals surface area contributed by atoms with Crippen LogP contribution in [-0.2, 0) is 28.5 Å². The van der Waals surface area contributed by atoms with Crippen molar-refractivity contribution in [2.24, 2.45) is 0 Å². The van der Waals surface area contributed by atoms with Crippen molar-refractivity contribution in [3.8, 4) is 5.88 Å². The molecule has 2 aromatic heterocycles. The number of hydrogen-bond acceptors (Lipinski definition) is 11. The Balaban J connectivity index is 2.18. The van der Waals surface area contributed by atoms with Gasteiger partial charge in [0.15, 0.2) is 29.6 Å². The van der Waals surface area contributed by atoms with Crippen LogP contribution in [0.3, 0.4) is 0 Å². The second-order valence-corrected chi connectivity index (χ2v) is 12.2. The molecule has 1 aliphatic rings. The minimum atomic E-state index is -1.59. The lowest BCUT2D eigenvalue weighted by Crippen LogP contribution is -2.43. The van der Waals surface area contributed by atoms with Crippen molar-refractivity contribution < 1.29 is 33.3 Å². The summed E-state index contributed by atoms with van der Waals surface area (Å²) < 4.78 is 30.7. The topological polar surface area (TPSA) is 150 Å². The summed E-state index contributed by atoms with van der Waals surface area (Å²) >= 11 is 0. The van der Waals surface area contributed by atoms with E-state index in [4.69, 9.17) is 34.4 Å². The molecule has 0 aliphatic carbocycles. The van der Waals surface area contributed by atoms with E-state index in [0.29, 0.717) is 16.6 Å². The second-order valence-electron chi connectivity index (χ2n) is 9.39. The molecule has 0 saturated carbocycles. The molecule has 2 N–H and O–H groups in total. The molecule has 13 heteroatoms. The van der Waals surface area contributed by atoms with Crippen LogP contribution in [0, 0.1) is 0 Å². The molecule has 12 nitrogen and oxygen atoms in total. The van der Waals surface area contributed by atoms with Gasteiger partial charge in [-0.3, -0.25) is 14.2 Å². The van der Waals surface area contributed by atoms with E-state index < -0.39 is 50.9 Å². The summed E-state index contributed by atoms with van der Waals surface area (Å²) in [4.78, 5) is 37.3. The zero-order valence-corrected chi connectivity index (χ0v) is 22.0. The minimum Gasteiger partial charge on any atom is -0.479 e. The van der Waals surface area contributed by atoms with E-state index in [2.05, 4.69) is 23.1 Å². The summed E-state index contributed by atoms with van der Waals surface area (Å²) in [5.41, 5.74) is 6.98. The van der Waals surface area contributed by atoms with Crippen LogP contribution in [0.25, 0.3) is 11.2 Å². The molecule has 0 amide bonds. The normalized spacial score (nSPS) is 22.9. The van der Waals surface area contributed by atoms with Crippen molar-refractivity contribution in [3.05, 3.63) is 0 Å². The van der Waals surface area contributed by atoms with Gasteiger partial charge in [0, 0.05) is 13.8 Å². The third-order valence-electron chi connectivity index (χ3n) is 5.09. The number of carbonyl (C=O) groups excluding carboxylic acids is 2. The first-order valence-corrected chi connectivity index (χ1v) is 13.9. The summed E-state index contributed by atoms with van der Waals surface area (Å²) in [6.07, 6.45) is -3.48. The van der Waals surface area contributed by atoms with Crippen molar-refractivity contribution in [1.82, 2.24) is 19.5 Å². The molecule has 3 rings (SSSR count). The van der Waals surface area contributed by atoms with Crippen molar-refractivity contribution in [2.45, 2.75) is 77.9 Å². The number of carbonyl (C=O) groups is 2. The van der Waals surface area contributed by atoms with Crippen molar-refractivity contribution in [1.29, 1.82) is 0 Å². The van der Waals surface area contributed by atoms with Gasteiger partial charge in [-0.25, -0.2) is 4.98 Å². The Morgan fingerprint density at radius 2 is 1.71 bits per heavy atom. The highest BCUT2D eigenvalue weighted by molar-refractivity contribution is 6.69. The number of nitrogens with two attached hydrogens (primary N) is 1. The van der Waals surface area contributed by atoms with Gasteiger partial charge >= 0.3 is 11.9 Å². The Morgan fingerprint density at radius 1 is 1.09 bits per heavy atom. The van der Waals surface area contributed by atoms with E-state index in [1.165, 1.54) is 21.0 Å². The lowest BCUT2D eigenvalue weighted by Gasteiger charge is -2.26. The van der Waals surface area contributed by atoms with Crippen molar-refractivity contribution >= 4 is 43.3 Å². The van der Waals surface area contributed by atoms with Gasteiger partial charge < -0.3 is 29.4 Å². The fourth-order valence-electron chi connectivity index (χ4n) is 3.82. The molecule has 0 unspecified atom stereocenters. The number of hydrogen-bond donors (Lipinski definition) is 1. The second kappa shape index (κ2) is 9.84. The van der Waals surface area contributed by atoms with Crippen molar-refractivity contribution in [3.63, 3.8) is 0 Å². The summed E-state index contributed by atoms with van der Waals surface area (Å²) in [6.45, 7) is 12.6. The van der Waals surface area contributed by atoms with Gasteiger partial charge in [0.25, 0.3) is 0 Å². The molecule has 188 valence electrons. The number of nitrogen functional groups attached to an aromatic ring is 1. The van der Waals surface area contributed by atoms with Gasteiger partial charge in [0.2, 0.25) is 11.8 Å². The predicted octanol–water partition coefficient (Wildman–Crippen LogP) is 0.687. The monoisotopic (exact) mass is 495 g/mol. The van der Waals surface area contributed by atoms with Crippen LogP contribution in [0.5, 0.6) is 5.88 Å². The Morgan fingerprint density at radius 3 is 2.24 bits per heavy atom. The number of fused-ring (bicyclic) bond motifs is 1. The maximum Gasteiger partial charge on any atom is 0.303 e. The van der Waals surface area contributed by atoms with Crippen LogP contribution < -0.4 is 15.9 Å². The van der Waals surface area contributed by atoms with Crippen LogP contribution >= 0.6 is 0 Å². The predicted molar refractivity (Wildman–Crippen MR) is 126 cm³/mol. The number of nitrogens with zero attached hydrogens (tertiary/aromatic N) is 4. The molecule has 0 bridgehead atoms. The quantitative estimate of drug-likeness (QED) is 0.427. The smallest absolute Gasteiger partial charge is 0.303 e. The van der Waals surface area contributed by atoms with E-state index in [1.54, 1.807) is 4.57 Å². The van der Waals surface area contributed by atoms with Crippen LogP contribution in [-0.4, -0.2) is 77.9 Å². The molecule has 4 atom stereocenters. The number of anilines is 1. The summed E-state index contributed by atoms with van der Waals surface area (Å²) in [6, 6.07) is 0. The number of imidazole rings is 1. The highest BCUT2D eigenvalue weighted by atomic mass is 28.3. The number of aromatic nitrogens is 4. The molecule has 0 radical (unpaired) electrons. The van der Waals surface area contributed by atoms with E-state index >= 15 is 0 Å². The maximum atomic E-state index is 12.1. The standard InChI is InChI=1S/C21H33N5O7Si/c1-10(27)31-14-12(9-30-21(3,4)5)33-18(15(14)32-11(2)28)26-16-13(23-20(26)34(7)8)17(29-6)25-19(22)24-16/h12,14-15,18,34H,9H2,1-8H3,(H2,22,24,25)/t12-,14-,15+,18-/m1/s1. The lowest BCUT2D eigenvalue weighted by molar-refractivity contribution is -0.166. The molecule has 0 spiro atoms. The molecule has 34 heavy (non-hydrogen) atoms. The summed E-state index contributed by atoms with van der Waals surface area (Å²) in [5.74, 6) is -0.862. The molecule has 2 aromatic rings. The van der Waals surface area contributed by atoms with E-state index in [9.17, 15) is 9.59 Å². The average Bonchev–Trinajstić information content (AvgIpc) is 3.23. The van der Waals surface area contributed by atoms with E-state index in [-0.39, 0.29) is 18.4 Å². The van der Waals surface area contributed by atoms with Gasteiger partial charge in [-0.2, -0.15) is 9.97 Å². The fourth-order valence-corrected chi connectivity index (χ4v) is 5.03. The number of rotatable bonds is 7. The summed E-state index contributed by atoms with van der Waals surface area (Å²) in [7, 11) is -0.125. The first kappa shape index (κ1) is 25.8. The van der Waals surface area contributed by atoms with Crippen LogP contribution in [0.15, 0.2) is 0 Å². The minimum absolute atomic E-state index is 0.00587. The Bertz CT molecular complexity index is 1070. The zero-order valence-electron chi connectivity index (χ0n) is 20.8. The Kier molecular flexibility index (Phi) is 7.48. The molecule has 1 fully saturated rings. The maximum absolute atomic E-state index is 12.1. The molecule has 1 aliphatic heterocycles.